The highest BCUT2D eigenvalue weighted by atomic mass is 16.3. The third-order valence-electron chi connectivity index (χ3n) is 3.62. The van der Waals surface area contributed by atoms with Crippen LogP contribution in [-0.4, -0.2) is 5.78 Å². The Morgan fingerprint density at radius 3 is 2.26 bits per heavy atom. The second-order valence-electron chi connectivity index (χ2n) is 5.26. The average Bonchev–Trinajstić information content (AvgIpc) is 2.90. The Morgan fingerprint density at radius 2 is 1.63 bits per heavy atom. The highest BCUT2D eigenvalue weighted by molar-refractivity contribution is 5.96. The summed E-state index contributed by atoms with van der Waals surface area (Å²) in [5.41, 5.74) is 0.797. The maximum absolute atomic E-state index is 12.0. The molecule has 0 aromatic carbocycles. The smallest absolute Gasteiger partial charge is 0.166 e. The Bertz CT molecular complexity index is 352. The number of ketones is 1. The van der Waals surface area contributed by atoms with Crippen molar-refractivity contribution >= 4 is 5.78 Å². The van der Waals surface area contributed by atoms with Gasteiger partial charge in [-0.05, 0) is 12.5 Å². The molecule has 2 heteroatoms. The fourth-order valence-electron chi connectivity index (χ4n) is 2.42. The normalized spacial score (nSPS) is 10.8. The number of carbonyl (C=O) groups excluding carboxylic acids is 1. The van der Waals surface area contributed by atoms with Crippen LogP contribution in [0.4, 0.5) is 0 Å². The zero-order chi connectivity index (χ0) is 13.9. The van der Waals surface area contributed by atoms with Crippen LogP contribution in [0.15, 0.2) is 16.7 Å². The summed E-state index contributed by atoms with van der Waals surface area (Å²) < 4.78 is 5.30. The van der Waals surface area contributed by atoms with Crippen LogP contribution < -0.4 is 0 Å². The first kappa shape index (κ1) is 16.0. The van der Waals surface area contributed by atoms with E-state index in [0.717, 1.165) is 24.2 Å². The van der Waals surface area contributed by atoms with E-state index in [4.69, 9.17) is 4.42 Å². The maximum Gasteiger partial charge on any atom is 0.166 e. The van der Waals surface area contributed by atoms with E-state index in [1.807, 2.05) is 13.0 Å². The molecule has 0 radical (unpaired) electrons. The van der Waals surface area contributed by atoms with Gasteiger partial charge in [-0.1, -0.05) is 58.8 Å². The first-order valence-corrected chi connectivity index (χ1v) is 7.89. The Kier molecular flexibility index (Phi) is 8.28. The summed E-state index contributed by atoms with van der Waals surface area (Å²) in [6.45, 7) is 4.26. The Hall–Kier alpha value is -1.05. The summed E-state index contributed by atoms with van der Waals surface area (Å²) >= 11 is 0. The molecule has 108 valence electrons. The fourth-order valence-corrected chi connectivity index (χ4v) is 2.42. The molecule has 0 amide bonds. The molecule has 19 heavy (non-hydrogen) atoms. The van der Waals surface area contributed by atoms with E-state index in [2.05, 4.69) is 6.92 Å². The van der Waals surface area contributed by atoms with Gasteiger partial charge in [0.2, 0.25) is 0 Å². The lowest BCUT2D eigenvalue weighted by molar-refractivity contribution is 0.0977. The van der Waals surface area contributed by atoms with Gasteiger partial charge in [0, 0.05) is 12.8 Å². The summed E-state index contributed by atoms with van der Waals surface area (Å²) in [7, 11) is 0. The predicted molar refractivity (Wildman–Crippen MR) is 79.6 cm³/mol. The Morgan fingerprint density at radius 1 is 1.00 bits per heavy atom. The molecule has 0 fully saturated rings. The lowest BCUT2D eigenvalue weighted by atomic mass is 10.0. The van der Waals surface area contributed by atoms with Gasteiger partial charge in [0.25, 0.3) is 0 Å². The van der Waals surface area contributed by atoms with Gasteiger partial charge in [-0.25, -0.2) is 0 Å². The van der Waals surface area contributed by atoms with E-state index < -0.39 is 0 Å². The molecular weight excluding hydrogens is 236 g/mol. The summed E-state index contributed by atoms with van der Waals surface area (Å²) in [5, 5.41) is 0. The van der Waals surface area contributed by atoms with E-state index in [-0.39, 0.29) is 5.78 Å². The number of carbonyl (C=O) groups is 1. The molecule has 0 saturated carbocycles. The van der Waals surface area contributed by atoms with Crippen LogP contribution in [0, 0.1) is 0 Å². The lowest BCUT2D eigenvalue weighted by Crippen LogP contribution is -2.00. The van der Waals surface area contributed by atoms with Gasteiger partial charge in [0.05, 0.1) is 11.8 Å². The fraction of sp³-hybridized carbons (Fsp3) is 0.706. The Labute approximate surface area is 117 Å². The van der Waals surface area contributed by atoms with Gasteiger partial charge >= 0.3 is 0 Å². The van der Waals surface area contributed by atoms with Crippen molar-refractivity contribution < 1.29 is 9.21 Å². The molecule has 0 atom stereocenters. The van der Waals surface area contributed by atoms with E-state index >= 15 is 0 Å². The van der Waals surface area contributed by atoms with E-state index in [1.165, 1.54) is 44.9 Å². The number of unbranched alkanes of at least 4 members (excludes halogenated alkanes) is 7. The third-order valence-corrected chi connectivity index (χ3v) is 3.62. The second kappa shape index (κ2) is 9.82. The summed E-state index contributed by atoms with van der Waals surface area (Å²) in [4.78, 5) is 12.0. The summed E-state index contributed by atoms with van der Waals surface area (Å²) in [6, 6.07) is 1.81. The van der Waals surface area contributed by atoms with Gasteiger partial charge in [-0.3, -0.25) is 4.79 Å². The van der Waals surface area contributed by atoms with Crippen LogP contribution in [0.25, 0.3) is 0 Å². The van der Waals surface area contributed by atoms with Gasteiger partial charge in [-0.2, -0.15) is 0 Å². The van der Waals surface area contributed by atoms with Gasteiger partial charge in [-0.15, -0.1) is 0 Å². The molecule has 0 aliphatic rings. The standard InChI is InChI=1S/C17H28O2/c1-3-5-6-7-8-9-10-11-12-16(18)15-13-14-19-17(15)4-2/h13-14H,3-12H2,1-2H3. The van der Waals surface area contributed by atoms with Crippen LogP contribution in [0.3, 0.4) is 0 Å². The van der Waals surface area contributed by atoms with Crippen molar-refractivity contribution in [3.8, 4) is 0 Å². The van der Waals surface area contributed by atoms with Crippen molar-refractivity contribution in [1.82, 2.24) is 0 Å². The SMILES string of the molecule is CCCCCCCCCCC(=O)c1ccoc1CC. The van der Waals surface area contributed by atoms with Crippen LogP contribution in [0.2, 0.25) is 0 Å². The molecule has 2 nitrogen and oxygen atoms in total. The number of furan rings is 1. The molecule has 1 rings (SSSR count). The minimum atomic E-state index is 0.247. The molecular formula is C17H28O2. The number of hydrogen-bond donors (Lipinski definition) is 0. The van der Waals surface area contributed by atoms with Crippen LogP contribution in [0.5, 0.6) is 0 Å². The minimum absolute atomic E-state index is 0.247. The molecule has 0 spiro atoms. The molecule has 0 bridgehead atoms. The molecule has 0 unspecified atom stereocenters. The number of Topliss-reactive ketones (excluding diaryl/α,β-unsaturated/α-hetero) is 1. The highest BCUT2D eigenvalue weighted by Crippen LogP contribution is 2.16. The predicted octanol–water partition coefficient (Wildman–Crippen LogP) is 5.56. The molecule has 0 aliphatic carbocycles. The highest BCUT2D eigenvalue weighted by Gasteiger charge is 2.12. The Balaban J connectivity index is 2.08. The van der Waals surface area contributed by atoms with Gasteiger partial charge < -0.3 is 4.42 Å². The number of aryl methyl sites for hydroxylation is 1. The summed E-state index contributed by atoms with van der Waals surface area (Å²) in [6.07, 6.45) is 13.2. The van der Waals surface area contributed by atoms with E-state index in [0.29, 0.717) is 6.42 Å². The van der Waals surface area contributed by atoms with E-state index in [9.17, 15) is 4.79 Å². The van der Waals surface area contributed by atoms with Crippen molar-refractivity contribution in [1.29, 1.82) is 0 Å². The largest absolute Gasteiger partial charge is 0.469 e. The van der Waals surface area contributed by atoms with E-state index in [1.54, 1.807) is 6.26 Å². The molecule has 1 heterocycles. The topological polar surface area (TPSA) is 30.2 Å². The van der Waals surface area contributed by atoms with Crippen molar-refractivity contribution in [2.45, 2.75) is 78.1 Å². The molecule has 0 saturated heterocycles. The van der Waals surface area contributed by atoms with Crippen molar-refractivity contribution in [3.05, 3.63) is 23.7 Å². The average molecular weight is 264 g/mol. The zero-order valence-electron chi connectivity index (χ0n) is 12.5. The maximum atomic E-state index is 12.0. The molecule has 1 aromatic rings. The zero-order valence-corrected chi connectivity index (χ0v) is 12.5. The molecule has 1 aromatic heterocycles. The first-order valence-electron chi connectivity index (χ1n) is 7.89. The van der Waals surface area contributed by atoms with Crippen molar-refractivity contribution in [3.63, 3.8) is 0 Å². The monoisotopic (exact) mass is 264 g/mol. The minimum Gasteiger partial charge on any atom is -0.469 e. The van der Waals surface area contributed by atoms with Crippen LogP contribution >= 0.6 is 0 Å². The lowest BCUT2D eigenvalue weighted by Gasteiger charge is -2.02. The molecule has 0 aliphatic heterocycles. The van der Waals surface area contributed by atoms with Crippen LogP contribution in [0.1, 0.15) is 87.8 Å². The molecule has 0 N–H and O–H groups in total. The van der Waals surface area contributed by atoms with Gasteiger partial charge in [0.15, 0.2) is 5.78 Å². The number of rotatable bonds is 11. The van der Waals surface area contributed by atoms with Crippen molar-refractivity contribution in [2.75, 3.05) is 0 Å². The third kappa shape index (κ3) is 6.09. The summed E-state index contributed by atoms with van der Waals surface area (Å²) in [5.74, 6) is 1.08. The van der Waals surface area contributed by atoms with Gasteiger partial charge in [0.1, 0.15) is 5.76 Å². The number of hydrogen-bond acceptors (Lipinski definition) is 2. The first-order chi connectivity index (χ1) is 9.29. The van der Waals surface area contributed by atoms with Crippen LogP contribution in [-0.2, 0) is 6.42 Å². The van der Waals surface area contributed by atoms with Crippen molar-refractivity contribution in [2.24, 2.45) is 0 Å². The second-order valence-corrected chi connectivity index (χ2v) is 5.26. The quantitative estimate of drug-likeness (QED) is 0.387.